The quantitative estimate of drug-likeness (QED) is 0.678. The van der Waals surface area contributed by atoms with Gasteiger partial charge in [0.2, 0.25) is 0 Å². The predicted molar refractivity (Wildman–Crippen MR) is 79.8 cm³/mol. The van der Waals surface area contributed by atoms with Crippen LogP contribution in [-0.2, 0) is 0 Å². The van der Waals surface area contributed by atoms with Gasteiger partial charge in [-0.3, -0.25) is 0 Å². The van der Waals surface area contributed by atoms with Crippen LogP contribution in [0.1, 0.15) is 16.7 Å². The van der Waals surface area contributed by atoms with E-state index in [9.17, 15) is 0 Å². The molecular formula is C16H13Br. The van der Waals surface area contributed by atoms with E-state index in [2.05, 4.69) is 64.5 Å². The summed E-state index contributed by atoms with van der Waals surface area (Å²) in [6.07, 6.45) is 6.26. The minimum Gasteiger partial charge on any atom is -0.0622 e. The van der Waals surface area contributed by atoms with Crippen molar-refractivity contribution < 1.29 is 0 Å². The summed E-state index contributed by atoms with van der Waals surface area (Å²) in [4.78, 5) is 1.86. The Morgan fingerprint density at radius 2 is 1.06 bits per heavy atom. The van der Waals surface area contributed by atoms with Crippen molar-refractivity contribution in [3.05, 3.63) is 76.3 Å². The molecule has 0 fully saturated rings. The van der Waals surface area contributed by atoms with Crippen LogP contribution in [-0.4, -0.2) is 0 Å². The first kappa shape index (κ1) is 11.9. The summed E-state index contributed by atoms with van der Waals surface area (Å²) in [5.74, 6) is 0. The lowest BCUT2D eigenvalue weighted by Gasteiger charge is -1.96. The van der Waals surface area contributed by atoms with Gasteiger partial charge >= 0.3 is 0 Å². The molecule has 84 valence electrons. The number of hydrogen-bond acceptors (Lipinski definition) is 0. The average Bonchev–Trinajstić information content (AvgIpc) is 2.40. The summed E-state index contributed by atoms with van der Waals surface area (Å²) in [7, 11) is 0. The van der Waals surface area contributed by atoms with E-state index in [1.165, 1.54) is 16.7 Å². The zero-order valence-electron chi connectivity index (χ0n) is 9.38. The van der Waals surface area contributed by atoms with Crippen molar-refractivity contribution in [1.82, 2.24) is 0 Å². The zero-order valence-corrected chi connectivity index (χ0v) is 11.0. The van der Waals surface area contributed by atoms with Crippen LogP contribution in [0.2, 0.25) is 0 Å². The third-order valence-corrected chi connectivity index (χ3v) is 2.72. The van der Waals surface area contributed by atoms with Gasteiger partial charge in [0.25, 0.3) is 0 Å². The fourth-order valence-electron chi connectivity index (χ4n) is 1.55. The summed E-state index contributed by atoms with van der Waals surface area (Å²) in [5, 5.41) is 0. The van der Waals surface area contributed by atoms with E-state index in [1.54, 1.807) is 0 Å². The summed E-state index contributed by atoms with van der Waals surface area (Å²) in [6, 6.07) is 18.7. The molecule has 0 N–H and O–H groups in total. The second kappa shape index (κ2) is 6.21. The van der Waals surface area contributed by atoms with Crippen LogP contribution in [0.4, 0.5) is 0 Å². The number of benzene rings is 2. The molecule has 0 aliphatic heterocycles. The number of rotatable bonds is 3. The maximum absolute atomic E-state index is 3.27. The summed E-state index contributed by atoms with van der Waals surface area (Å²) < 4.78 is 0. The highest BCUT2D eigenvalue weighted by Gasteiger charge is 1.88. The van der Waals surface area contributed by atoms with Crippen molar-refractivity contribution in [2.45, 2.75) is 0 Å². The zero-order chi connectivity index (χ0) is 11.9. The molecule has 0 nitrogen and oxygen atoms in total. The number of halogens is 1. The first-order valence-electron chi connectivity index (χ1n) is 5.48. The normalized spacial score (nSPS) is 11.4. The fourth-order valence-corrected chi connectivity index (χ4v) is 1.85. The molecule has 0 aliphatic rings. The molecule has 0 saturated carbocycles. The van der Waals surface area contributed by atoms with Crippen LogP contribution >= 0.6 is 15.9 Å². The van der Waals surface area contributed by atoms with Gasteiger partial charge in [-0.25, -0.2) is 0 Å². The van der Waals surface area contributed by atoms with Crippen LogP contribution in [0.25, 0.3) is 18.2 Å². The lowest BCUT2D eigenvalue weighted by molar-refractivity contribution is 1.62. The second-order valence-electron chi connectivity index (χ2n) is 3.70. The molecule has 1 heteroatoms. The molecule has 0 atom stereocenters. The third-order valence-electron chi connectivity index (χ3n) is 2.46. The van der Waals surface area contributed by atoms with E-state index >= 15 is 0 Å². The Balaban J connectivity index is 2.11. The molecule has 0 aliphatic carbocycles. The Labute approximate surface area is 110 Å². The van der Waals surface area contributed by atoms with Crippen molar-refractivity contribution in [3.63, 3.8) is 0 Å². The van der Waals surface area contributed by atoms with Crippen LogP contribution < -0.4 is 0 Å². The minimum atomic E-state index is 1.19. The van der Waals surface area contributed by atoms with Gasteiger partial charge in [0, 0.05) is 0 Å². The molecule has 0 amide bonds. The van der Waals surface area contributed by atoms with Crippen LogP contribution in [0, 0.1) is 0 Å². The maximum Gasteiger partial charge on any atom is -0.0183 e. The molecule has 2 aromatic rings. The van der Waals surface area contributed by atoms with E-state index in [1.807, 2.05) is 29.3 Å². The van der Waals surface area contributed by atoms with Crippen molar-refractivity contribution >= 4 is 34.2 Å². The molecule has 0 radical (unpaired) electrons. The first-order valence-corrected chi connectivity index (χ1v) is 6.40. The van der Waals surface area contributed by atoms with E-state index in [4.69, 9.17) is 0 Å². The van der Waals surface area contributed by atoms with E-state index in [0.29, 0.717) is 0 Å². The smallest absolute Gasteiger partial charge is 0.0183 e. The molecule has 0 heterocycles. The van der Waals surface area contributed by atoms with Gasteiger partial charge in [-0.05, 0) is 27.8 Å². The summed E-state index contributed by atoms with van der Waals surface area (Å²) in [6.45, 7) is 0. The van der Waals surface area contributed by atoms with Crippen LogP contribution in [0.15, 0.2) is 59.6 Å². The predicted octanol–water partition coefficient (Wildman–Crippen LogP) is 5.22. The Hall–Kier alpha value is -1.60. The van der Waals surface area contributed by atoms with Gasteiger partial charge in [0.15, 0.2) is 0 Å². The minimum absolute atomic E-state index is 1.19. The Morgan fingerprint density at radius 1 is 0.588 bits per heavy atom. The molecule has 2 rings (SSSR count). The lowest BCUT2D eigenvalue weighted by Crippen LogP contribution is -1.74. The highest BCUT2D eigenvalue weighted by molar-refractivity contribution is 9.11. The van der Waals surface area contributed by atoms with Crippen molar-refractivity contribution in [1.29, 1.82) is 0 Å². The highest BCUT2D eigenvalue weighted by atomic mass is 79.9. The van der Waals surface area contributed by atoms with Crippen molar-refractivity contribution in [3.8, 4) is 0 Å². The second-order valence-corrected chi connectivity index (χ2v) is 4.23. The monoisotopic (exact) mass is 284 g/mol. The maximum atomic E-state index is 3.27. The molecule has 17 heavy (non-hydrogen) atoms. The average molecular weight is 285 g/mol. The third kappa shape index (κ3) is 3.72. The van der Waals surface area contributed by atoms with Gasteiger partial charge in [-0.15, -0.1) is 0 Å². The van der Waals surface area contributed by atoms with Crippen molar-refractivity contribution in [2.24, 2.45) is 0 Å². The topological polar surface area (TPSA) is 0 Å². The molecule has 0 spiro atoms. The Kier molecular flexibility index (Phi) is 4.34. The van der Waals surface area contributed by atoms with E-state index < -0.39 is 0 Å². The molecular weight excluding hydrogens is 272 g/mol. The molecule has 0 aromatic heterocycles. The van der Waals surface area contributed by atoms with E-state index in [0.717, 1.165) is 0 Å². The fraction of sp³-hybridized carbons (Fsp3) is 0. The van der Waals surface area contributed by atoms with Gasteiger partial charge in [-0.1, -0.05) is 82.7 Å². The largest absolute Gasteiger partial charge is 0.0622 e. The molecule has 2 aromatic carbocycles. The Morgan fingerprint density at radius 3 is 1.59 bits per heavy atom. The SMILES string of the molecule is Br/C=C/c1ccc(/C=C/c2ccccc2)cc1. The summed E-state index contributed by atoms with van der Waals surface area (Å²) in [5.41, 5.74) is 3.62. The molecule has 0 bridgehead atoms. The van der Waals surface area contributed by atoms with Gasteiger partial charge in [0.1, 0.15) is 0 Å². The van der Waals surface area contributed by atoms with Crippen LogP contribution in [0.5, 0.6) is 0 Å². The lowest BCUT2D eigenvalue weighted by atomic mass is 10.1. The first-order chi connectivity index (χ1) is 8.38. The van der Waals surface area contributed by atoms with Gasteiger partial charge in [-0.2, -0.15) is 0 Å². The Bertz CT molecular complexity index is 507. The highest BCUT2D eigenvalue weighted by Crippen LogP contribution is 2.11. The number of hydrogen-bond donors (Lipinski definition) is 0. The van der Waals surface area contributed by atoms with Crippen molar-refractivity contribution in [2.75, 3.05) is 0 Å². The van der Waals surface area contributed by atoms with Gasteiger partial charge < -0.3 is 0 Å². The standard InChI is InChI=1S/C16H13Br/c17-13-12-16-10-8-15(9-11-16)7-6-14-4-2-1-3-5-14/h1-13H/b7-6+,13-12+. The molecule has 0 unspecified atom stereocenters. The van der Waals surface area contributed by atoms with E-state index in [-0.39, 0.29) is 0 Å². The summed E-state index contributed by atoms with van der Waals surface area (Å²) >= 11 is 3.27. The molecule has 0 saturated heterocycles. The van der Waals surface area contributed by atoms with Crippen LogP contribution in [0.3, 0.4) is 0 Å². The van der Waals surface area contributed by atoms with Gasteiger partial charge in [0.05, 0.1) is 0 Å².